The van der Waals surface area contributed by atoms with Crippen LogP contribution in [0, 0.1) is 28.6 Å². The molecule has 1 heterocycles. The molecule has 8 heteroatoms. The number of carbonyl (C=O) groups is 3. The molecule has 1 spiro atoms. The second-order valence-corrected chi connectivity index (χ2v) is 10.6. The van der Waals surface area contributed by atoms with E-state index in [0.29, 0.717) is 26.0 Å². The number of rotatable bonds is 3. The van der Waals surface area contributed by atoms with Crippen molar-refractivity contribution in [2.75, 3.05) is 13.2 Å². The summed E-state index contributed by atoms with van der Waals surface area (Å²) in [7, 11) is 0. The Morgan fingerprint density at radius 1 is 1.28 bits per heavy atom. The summed E-state index contributed by atoms with van der Waals surface area (Å²) >= 11 is 0. The minimum absolute atomic E-state index is 0.0961. The van der Waals surface area contributed by atoms with Gasteiger partial charge in [0.05, 0.1) is 19.3 Å². The summed E-state index contributed by atoms with van der Waals surface area (Å²) < 4.78 is 17.7. The summed E-state index contributed by atoms with van der Waals surface area (Å²) in [6.07, 6.45) is 4.04. The Bertz CT molecular complexity index is 864. The van der Waals surface area contributed by atoms with Crippen molar-refractivity contribution < 1.29 is 33.7 Å². The fourth-order valence-electron chi connectivity index (χ4n) is 8.03. The second-order valence-electron chi connectivity index (χ2n) is 10.6. The molecule has 1 aliphatic heterocycles. The zero-order valence-corrected chi connectivity index (χ0v) is 19.0. The van der Waals surface area contributed by atoms with Gasteiger partial charge in [0.25, 0.3) is 0 Å². The number of amides is 1. The van der Waals surface area contributed by atoms with E-state index in [0.717, 1.165) is 31.3 Å². The maximum atomic E-state index is 13.8. The zero-order valence-electron chi connectivity index (χ0n) is 19.0. The highest BCUT2D eigenvalue weighted by atomic mass is 16.7. The van der Waals surface area contributed by atoms with Crippen LogP contribution >= 0.6 is 0 Å². The monoisotopic (exact) mass is 447 g/mol. The molecule has 176 valence electrons. The van der Waals surface area contributed by atoms with E-state index in [-0.39, 0.29) is 29.0 Å². The molecule has 1 amide bonds. The Balaban J connectivity index is 1.54. The lowest BCUT2D eigenvalue weighted by Crippen LogP contribution is -2.65. The van der Waals surface area contributed by atoms with Crippen molar-refractivity contribution in [2.24, 2.45) is 28.6 Å². The summed E-state index contributed by atoms with van der Waals surface area (Å²) in [5.74, 6) is -1.12. The van der Waals surface area contributed by atoms with Gasteiger partial charge in [0, 0.05) is 36.5 Å². The van der Waals surface area contributed by atoms with Crippen molar-refractivity contribution in [3.63, 3.8) is 0 Å². The number of nitrogens with one attached hydrogen (secondary N) is 1. The van der Waals surface area contributed by atoms with Crippen LogP contribution in [0.15, 0.2) is 11.6 Å². The molecule has 0 radical (unpaired) electrons. The first-order valence-corrected chi connectivity index (χ1v) is 11.7. The van der Waals surface area contributed by atoms with E-state index in [4.69, 9.17) is 14.2 Å². The molecular weight excluding hydrogens is 414 g/mol. The van der Waals surface area contributed by atoms with E-state index < -0.39 is 35.4 Å². The number of esters is 1. The maximum absolute atomic E-state index is 13.8. The third kappa shape index (κ3) is 2.75. The molecule has 4 aliphatic carbocycles. The first-order valence-electron chi connectivity index (χ1n) is 11.7. The lowest BCUT2D eigenvalue weighted by molar-refractivity contribution is -0.241. The van der Waals surface area contributed by atoms with Crippen molar-refractivity contribution in [1.29, 1.82) is 0 Å². The third-order valence-corrected chi connectivity index (χ3v) is 9.37. The SMILES string of the molecule is CC(=O)O[C@@H]1[C@@H](NC=O)C=C2CC[C@@H]3[C@H](C(=O)C[C@@]4(C)[C@H]3CCC43OCCO3)[C@@]2(C)[C@H]1O. The number of aliphatic hydroxyl groups is 1. The summed E-state index contributed by atoms with van der Waals surface area (Å²) in [6, 6.07) is -0.620. The van der Waals surface area contributed by atoms with Gasteiger partial charge in [-0.25, -0.2) is 0 Å². The van der Waals surface area contributed by atoms with Crippen LogP contribution in [-0.2, 0) is 28.6 Å². The number of Topliss-reactive ketones (excluding diaryl/α,β-unsaturated/α-hetero) is 1. The van der Waals surface area contributed by atoms with E-state index in [9.17, 15) is 19.5 Å². The molecule has 0 unspecified atom stereocenters. The van der Waals surface area contributed by atoms with Gasteiger partial charge < -0.3 is 24.6 Å². The summed E-state index contributed by atoms with van der Waals surface area (Å²) in [5.41, 5.74) is -0.266. The second kappa shape index (κ2) is 7.37. The molecule has 5 aliphatic rings. The molecule has 0 bridgehead atoms. The van der Waals surface area contributed by atoms with E-state index >= 15 is 0 Å². The van der Waals surface area contributed by atoms with Crippen LogP contribution in [-0.4, -0.2) is 60.5 Å². The van der Waals surface area contributed by atoms with Crippen LogP contribution in [0.1, 0.15) is 52.9 Å². The molecule has 1 saturated heterocycles. The fourth-order valence-corrected chi connectivity index (χ4v) is 8.03. The van der Waals surface area contributed by atoms with Crippen LogP contribution in [0.25, 0.3) is 0 Å². The minimum Gasteiger partial charge on any atom is -0.457 e. The minimum atomic E-state index is -1.10. The number of ketones is 1. The Morgan fingerprint density at radius 2 is 2.00 bits per heavy atom. The van der Waals surface area contributed by atoms with Crippen LogP contribution < -0.4 is 5.32 Å². The van der Waals surface area contributed by atoms with Crippen molar-refractivity contribution in [2.45, 2.75) is 76.9 Å². The molecule has 2 N–H and O–H groups in total. The standard InChI is InChI=1S/C24H33NO7/c1-13(27)32-20-17(25-12-26)10-14-4-5-15-16-6-7-24(30-8-9-31-24)22(16,2)11-18(28)19(15)23(14,3)21(20)29/h10,12,15-17,19-21,29H,4-9,11H2,1-3H3,(H,25,26)/t15-,16-,17-,19+,20+,21-,22-,23-/m0/s1. The van der Waals surface area contributed by atoms with Crippen LogP contribution in [0.2, 0.25) is 0 Å². The highest BCUT2D eigenvalue weighted by molar-refractivity contribution is 5.85. The lowest BCUT2D eigenvalue weighted by Gasteiger charge is -2.60. The normalized spacial score (nSPS) is 46.6. The van der Waals surface area contributed by atoms with E-state index in [1.165, 1.54) is 6.92 Å². The highest BCUT2D eigenvalue weighted by Crippen LogP contribution is 2.68. The predicted octanol–water partition coefficient (Wildman–Crippen LogP) is 1.50. The highest BCUT2D eigenvalue weighted by Gasteiger charge is 2.70. The van der Waals surface area contributed by atoms with Gasteiger partial charge in [-0.1, -0.05) is 25.5 Å². The molecule has 0 aromatic rings. The van der Waals surface area contributed by atoms with Gasteiger partial charge in [-0.3, -0.25) is 14.4 Å². The smallest absolute Gasteiger partial charge is 0.303 e. The van der Waals surface area contributed by atoms with Gasteiger partial charge >= 0.3 is 5.97 Å². The average Bonchev–Trinajstić information content (AvgIpc) is 3.32. The molecular formula is C24H33NO7. The number of ether oxygens (including phenoxy) is 3. The predicted molar refractivity (Wildman–Crippen MR) is 112 cm³/mol. The fraction of sp³-hybridized carbons (Fsp3) is 0.792. The molecule has 3 saturated carbocycles. The third-order valence-electron chi connectivity index (χ3n) is 9.37. The first-order chi connectivity index (χ1) is 15.2. The Labute approximate surface area is 188 Å². The molecule has 0 aromatic heterocycles. The topological polar surface area (TPSA) is 111 Å². The average molecular weight is 448 g/mol. The Hall–Kier alpha value is -1.77. The van der Waals surface area contributed by atoms with Crippen LogP contribution in [0.3, 0.4) is 0 Å². The number of carbonyl (C=O) groups excluding carboxylic acids is 3. The van der Waals surface area contributed by atoms with E-state index in [1.54, 1.807) is 0 Å². The van der Waals surface area contributed by atoms with Gasteiger partial charge in [-0.15, -0.1) is 0 Å². The molecule has 8 nitrogen and oxygen atoms in total. The van der Waals surface area contributed by atoms with Gasteiger partial charge in [0.1, 0.15) is 11.9 Å². The number of aliphatic hydroxyl groups excluding tert-OH is 1. The van der Waals surface area contributed by atoms with E-state index in [1.807, 2.05) is 13.0 Å². The molecule has 8 atom stereocenters. The largest absolute Gasteiger partial charge is 0.457 e. The Kier molecular flexibility index (Phi) is 5.08. The van der Waals surface area contributed by atoms with Crippen molar-refractivity contribution in [1.82, 2.24) is 5.32 Å². The quantitative estimate of drug-likeness (QED) is 0.383. The first kappa shape index (κ1) is 22.0. The molecule has 0 aromatic carbocycles. The van der Waals surface area contributed by atoms with Crippen molar-refractivity contribution >= 4 is 18.2 Å². The van der Waals surface area contributed by atoms with Crippen LogP contribution in [0.4, 0.5) is 0 Å². The van der Waals surface area contributed by atoms with Gasteiger partial charge in [-0.05, 0) is 31.1 Å². The Morgan fingerprint density at radius 3 is 2.66 bits per heavy atom. The maximum Gasteiger partial charge on any atom is 0.303 e. The summed E-state index contributed by atoms with van der Waals surface area (Å²) in [5, 5.41) is 14.2. The van der Waals surface area contributed by atoms with Crippen molar-refractivity contribution in [3.8, 4) is 0 Å². The van der Waals surface area contributed by atoms with Crippen molar-refractivity contribution in [3.05, 3.63) is 11.6 Å². The van der Waals surface area contributed by atoms with E-state index in [2.05, 4.69) is 12.2 Å². The summed E-state index contributed by atoms with van der Waals surface area (Å²) in [6.45, 7) is 6.47. The molecule has 4 fully saturated rings. The number of hydrogen-bond acceptors (Lipinski definition) is 7. The zero-order chi connectivity index (χ0) is 22.9. The van der Waals surface area contributed by atoms with Gasteiger partial charge in [0.2, 0.25) is 6.41 Å². The molecule has 32 heavy (non-hydrogen) atoms. The lowest BCUT2D eigenvalue weighted by atomic mass is 9.45. The number of hydrogen-bond donors (Lipinski definition) is 2. The van der Waals surface area contributed by atoms with Gasteiger partial charge in [-0.2, -0.15) is 0 Å². The van der Waals surface area contributed by atoms with Crippen LogP contribution in [0.5, 0.6) is 0 Å². The van der Waals surface area contributed by atoms with Gasteiger partial charge in [0.15, 0.2) is 11.9 Å². The number of fused-ring (bicyclic) bond motifs is 6. The molecule has 5 rings (SSSR count). The summed E-state index contributed by atoms with van der Waals surface area (Å²) in [4.78, 5) is 36.8.